The Balaban J connectivity index is 1.15. The van der Waals surface area contributed by atoms with Crippen LogP contribution in [0.3, 0.4) is 0 Å². The maximum absolute atomic E-state index is 9.14. The molecule has 2 saturated carbocycles. The van der Waals surface area contributed by atoms with Crippen molar-refractivity contribution >= 4 is 11.5 Å². The molecule has 6 rings (SSSR count). The van der Waals surface area contributed by atoms with Gasteiger partial charge in [0.25, 0.3) is 0 Å². The fourth-order valence-corrected chi connectivity index (χ4v) is 6.52. The average Bonchev–Trinajstić information content (AvgIpc) is 3.51. The third kappa shape index (κ3) is 4.63. The van der Waals surface area contributed by atoms with Gasteiger partial charge in [0.15, 0.2) is 0 Å². The Morgan fingerprint density at radius 1 is 0.857 bits per heavy atom. The van der Waals surface area contributed by atoms with Gasteiger partial charge in [0.1, 0.15) is 5.82 Å². The molecule has 5 heteroatoms. The molecule has 1 saturated heterocycles. The molecule has 35 heavy (non-hydrogen) atoms. The summed E-state index contributed by atoms with van der Waals surface area (Å²) in [6, 6.07) is 27.1. The maximum Gasteiger partial charge on any atom is 0.126 e. The second kappa shape index (κ2) is 9.71. The van der Waals surface area contributed by atoms with E-state index in [1.54, 1.807) is 0 Å². The van der Waals surface area contributed by atoms with E-state index in [1.807, 2.05) is 18.3 Å². The molecule has 0 radical (unpaired) electrons. The first kappa shape index (κ1) is 22.1. The summed E-state index contributed by atoms with van der Waals surface area (Å²) in [5.41, 5.74) is 4.41. The molecule has 178 valence electrons. The number of benzene rings is 2. The minimum Gasteiger partial charge on any atom is -0.367 e. The number of nitriles is 1. The van der Waals surface area contributed by atoms with Crippen molar-refractivity contribution in [3.63, 3.8) is 0 Å². The molecule has 3 aromatic rings. The quantitative estimate of drug-likeness (QED) is 0.498. The number of nitrogens with one attached hydrogen (secondary N) is 2. The highest BCUT2D eigenvalue weighted by Crippen LogP contribution is 2.41. The van der Waals surface area contributed by atoms with E-state index in [0.29, 0.717) is 24.2 Å². The van der Waals surface area contributed by atoms with Gasteiger partial charge in [-0.2, -0.15) is 5.26 Å². The van der Waals surface area contributed by atoms with E-state index in [0.717, 1.165) is 23.8 Å². The molecule has 5 nitrogen and oxygen atoms in total. The Hall–Kier alpha value is -3.36. The number of fused-ring (bicyclic) bond motifs is 2. The van der Waals surface area contributed by atoms with E-state index in [1.165, 1.54) is 55.3 Å². The van der Waals surface area contributed by atoms with Crippen LogP contribution in [0.5, 0.6) is 0 Å². The van der Waals surface area contributed by atoms with Gasteiger partial charge in [-0.15, -0.1) is 0 Å². The summed E-state index contributed by atoms with van der Waals surface area (Å²) in [5, 5.41) is 17.0. The molecule has 2 aromatic carbocycles. The van der Waals surface area contributed by atoms with E-state index in [4.69, 9.17) is 5.26 Å². The van der Waals surface area contributed by atoms with Crippen LogP contribution in [0.1, 0.15) is 44.1 Å². The first-order chi connectivity index (χ1) is 17.3. The highest BCUT2D eigenvalue weighted by atomic mass is 15.2. The number of hydrogen-bond donors (Lipinski definition) is 2. The second-order valence-corrected chi connectivity index (χ2v) is 10.4. The van der Waals surface area contributed by atoms with Crippen LogP contribution in [0.2, 0.25) is 0 Å². The molecule has 0 unspecified atom stereocenters. The molecule has 2 heterocycles. The monoisotopic (exact) mass is 463 g/mol. The topological polar surface area (TPSA) is 64.0 Å². The van der Waals surface area contributed by atoms with Gasteiger partial charge in [-0.3, -0.25) is 0 Å². The number of hydrogen-bond acceptors (Lipinski definition) is 5. The lowest BCUT2D eigenvalue weighted by atomic mass is 9.89. The zero-order valence-corrected chi connectivity index (χ0v) is 20.1. The Labute approximate surface area is 208 Å². The van der Waals surface area contributed by atoms with Gasteiger partial charge in [0.2, 0.25) is 0 Å². The highest BCUT2D eigenvalue weighted by molar-refractivity contribution is 5.66. The summed E-state index contributed by atoms with van der Waals surface area (Å²) in [5.74, 6) is 1.73. The van der Waals surface area contributed by atoms with Crippen LogP contribution in [-0.4, -0.2) is 35.7 Å². The van der Waals surface area contributed by atoms with E-state index in [9.17, 15) is 0 Å². The molecule has 0 spiro atoms. The molecule has 0 amide bonds. The van der Waals surface area contributed by atoms with Crippen molar-refractivity contribution < 1.29 is 0 Å². The van der Waals surface area contributed by atoms with E-state index in [2.05, 4.69) is 81.2 Å². The first-order valence-electron chi connectivity index (χ1n) is 13.1. The number of nitrogens with zero attached hydrogens (tertiary/aromatic N) is 3. The van der Waals surface area contributed by atoms with Crippen molar-refractivity contribution in [2.24, 2.45) is 5.92 Å². The SMILES string of the molecule is N#Cc1ccc(N2C[C@@H]3C[C@H](N[C@@H]4CCCC[C@H]4Nc4cc(-c5ccccc5)ccn4)[C@H]2C3)cc1. The molecule has 5 atom stereocenters. The van der Waals surface area contributed by atoms with Crippen molar-refractivity contribution in [2.45, 2.75) is 62.7 Å². The van der Waals surface area contributed by atoms with Gasteiger partial charge in [-0.25, -0.2) is 4.98 Å². The Kier molecular flexibility index (Phi) is 6.14. The molecular weight excluding hydrogens is 430 g/mol. The summed E-state index contributed by atoms with van der Waals surface area (Å²) in [6.45, 7) is 1.14. The number of pyridine rings is 1. The molecule has 3 fully saturated rings. The summed E-state index contributed by atoms with van der Waals surface area (Å²) < 4.78 is 0. The Bertz CT molecular complexity index is 1190. The maximum atomic E-state index is 9.14. The Morgan fingerprint density at radius 2 is 1.66 bits per heavy atom. The summed E-state index contributed by atoms with van der Waals surface area (Å²) in [7, 11) is 0. The summed E-state index contributed by atoms with van der Waals surface area (Å²) in [4.78, 5) is 7.23. The molecule has 2 N–H and O–H groups in total. The zero-order valence-electron chi connectivity index (χ0n) is 20.1. The van der Waals surface area contributed by atoms with Crippen molar-refractivity contribution in [2.75, 3.05) is 16.8 Å². The summed E-state index contributed by atoms with van der Waals surface area (Å²) >= 11 is 0. The lowest BCUT2D eigenvalue weighted by Crippen LogP contribution is -2.56. The predicted octanol–water partition coefficient (Wildman–Crippen LogP) is 5.60. The van der Waals surface area contributed by atoms with Crippen LogP contribution >= 0.6 is 0 Å². The fraction of sp³-hybridized carbons (Fsp3) is 0.400. The smallest absolute Gasteiger partial charge is 0.126 e. The number of anilines is 2. The van der Waals surface area contributed by atoms with Crippen LogP contribution in [0, 0.1) is 17.2 Å². The van der Waals surface area contributed by atoms with E-state index < -0.39 is 0 Å². The summed E-state index contributed by atoms with van der Waals surface area (Å²) in [6.07, 6.45) is 9.39. The van der Waals surface area contributed by atoms with Gasteiger partial charge in [-0.05, 0) is 79.1 Å². The van der Waals surface area contributed by atoms with E-state index >= 15 is 0 Å². The van der Waals surface area contributed by atoms with Crippen molar-refractivity contribution in [1.29, 1.82) is 5.26 Å². The van der Waals surface area contributed by atoms with Gasteiger partial charge >= 0.3 is 0 Å². The van der Waals surface area contributed by atoms with E-state index in [-0.39, 0.29) is 0 Å². The lowest BCUT2D eigenvalue weighted by Gasteiger charge is -2.41. The highest BCUT2D eigenvalue weighted by Gasteiger charge is 2.46. The first-order valence-corrected chi connectivity index (χ1v) is 13.1. The standard InChI is InChI=1S/C30H33N5/c31-19-21-10-12-25(13-11-21)35-20-22-16-28(29(35)17-22)33-26-8-4-5-9-27(26)34-30-18-24(14-15-32-30)23-6-2-1-3-7-23/h1-3,6-7,10-15,18,22,26-29,33H,4-5,8-9,16-17,20H2,(H,32,34)/t22-,26-,27-,28+,29-/m1/s1. The third-order valence-corrected chi connectivity index (χ3v) is 8.20. The van der Waals surface area contributed by atoms with Crippen molar-refractivity contribution in [1.82, 2.24) is 10.3 Å². The fourth-order valence-electron chi connectivity index (χ4n) is 6.52. The normalized spacial score (nSPS) is 27.5. The van der Waals surface area contributed by atoms with Gasteiger partial charge in [-0.1, -0.05) is 43.2 Å². The molecule has 2 bridgehead atoms. The zero-order chi connectivity index (χ0) is 23.6. The largest absolute Gasteiger partial charge is 0.367 e. The van der Waals surface area contributed by atoms with Crippen LogP contribution in [-0.2, 0) is 0 Å². The van der Waals surface area contributed by atoms with Gasteiger partial charge in [0.05, 0.1) is 11.6 Å². The molecule has 3 aliphatic rings. The molecule has 1 aromatic heterocycles. The average molecular weight is 464 g/mol. The minimum absolute atomic E-state index is 0.393. The molecular formula is C30H33N5. The predicted molar refractivity (Wildman–Crippen MR) is 141 cm³/mol. The second-order valence-electron chi connectivity index (χ2n) is 10.4. The van der Waals surface area contributed by atoms with Gasteiger partial charge in [0, 0.05) is 42.6 Å². The van der Waals surface area contributed by atoms with Crippen LogP contribution < -0.4 is 15.5 Å². The van der Waals surface area contributed by atoms with Crippen molar-refractivity contribution in [3.05, 3.63) is 78.5 Å². The van der Waals surface area contributed by atoms with Gasteiger partial charge < -0.3 is 15.5 Å². The third-order valence-electron chi connectivity index (χ3n) is 8.20. The lowest BCUT2D eigenvalue weighted by molar-refractivity contribution is 0.289. The van der Waals surface area contributed by atoms with Crippen LogP contribution in [0.4, 0.5) is 11.5 Å². The van der Waals surface area contributed by atoms with Crippen LogP contribution in [0.15, 0.2) is 72.9 Å². The van der Waals surface area contributed by atoms with Crippen molar-refractivity contribution in [3.8, 4) is 17.2 Å². The molecule has 2 aliphatic carbocycles. The number of rotatable bonds is 6. The number of aromatic nitrogens is 1. The number of piperidine rings is 1. The van der Waals surface area contributed by atoms with Crippen LogP contribution in [0.25, 0.3) is 11.1 Å². The minimum atomic E-state index is 0.393. The molecule has 1 aliphatic heterocycles. The Morgan fingerprint density at radius 3 is 2.43 bits per heavy atom.